The lowest BCUT2D eigenvalue weighted by atomic mass is 10.1. The molecule has 3 aromatic rings. The van der Waals surface area contributed by atoms with E-state index in [1.54, 1.807) is 0 Å². The molecule has 0 saturated carbocycles. The largest absolute Gasteiger partial charge is 0.462 e. The topological polar surface area (TPSA) is 90.3 Å². The summed E-state index contributed by atoms with van der Waals surface area (Å²) in [5, 5.41) is 1.49. The van der Waals surface area contributed by atoms with Crippen LogP contribution in [0, 0.1) is 17.5 Å². The van der Waals surface area contributed by atoms with Gasteiger partial charge < -0.3 is 14.8 Å². The molecule has 156 valence electrons. The minimum absolute atomic E-state index is 0.0474. The predicted molar refractivity (Wildman–Crippen MR) is 103 cm³/mol. The van der Waals surface area contributed by atoms with E-state index in [1.807, 2.05) is 0 Å². The van der Waals surface area contributed by atoms with E-state index in [4.69, 9.17) is 16.3 Å². The summed E-state index contributed by atoms with van der Waals surface area (Å²) >= 11 is 5.72. The first-order valence-corrected chi connectivity index (χ1v) is 8.91. The molecule has 0 fully saturated rings. The number of ether oxygens (including phenoxy) is 1. The third-order valence-corrected chi connectivity index (χ3v) is 4.32. The maximum atomic E-state index is 14.6. The molecule has 11 heteroatoms. The molecule has 0 aliphatic carbocycles. The minimum atomic E-state index is -1.08. The Hall–Kier alpha value is -3.40. The summed E-state index contributed by atoms with van der Waals surface area (Å²) in [6, 6.07) is 2.31. The van der Waals surface area contributed by atoms with Crippen LogP contribution >= 0.6 is 11.6 Å². The fourth-order valence-electron chi connectivity index (χ4n) is 2.75. The quantitative estimate of drug-likeness (QED) is 0.360. The number of nitrogens with zero attached hydrogens (tertiary/aromatic N) is 2. The van der Waals surface area contributed by atoms with Gasteiger partial charge in [0.1, 0.15) is 23.5 Å². The van der Waals surface area contributed by atoms with Crippen LogP contribution in [0.5, 0.6) is 0 Å². The molecular weight excluding hydrogens is 427 g/mol. The zero-order chi connectivity index (χ0) is 22.0. The number of carbonyl (C=O) groups is 2. The maximum absolute atomic E-state index is 14.6. The van der Waals surface area contributed by atoms with E-state index in [0.29, 0.717) is 12.4 Å². The highest BCUT2D eigenvalue weighted by atomic mass is 35.5. The third-order valence-electron chi connectivity index (χ3n) is 4.06. The standard InChI is InChI=1S/C19H13ClF3N3O4/c1-2-30-19(29)10-8-26(18-9(16(10)28)5-13(23)17(20)25-18)15-7-14(24-3-4-27)11(21)6-12(15)22/h4-8,24H,2-3H2,1H3. The van der Waals surface area contributed by atoms with Crippen LogP contribution in [-0.2, 0) is 9.53 Å². The van der Waals surface area contributed by atoms with Crippen molar-refractivity contribution in [2.45, 2.75) is 6.92 Å². The van der Waals surface area contributed by atoms with Crippen molar-refractivity contribution in [3.05, 3.63) is 62.8 Å². The highest BCUT2D eigenvalue weighted by Gasteiger charge is 2.22. The van der Waals surface area contributed by atoms with Crippen LogP contribution in [0.1, 0.15) is 17.3 Å². The molecule has 1 N–H and O–H groups in total. The Balaban J connectivity index is 2.39. The molecule has 0 aliphatic rings. The van der Waals surface area contributed by atoms with Crippen LogP contribution < -0.4 is 10.7 Å². The molecule has 2 heterocycles. The number of aromatic nitrogens is 2. The van der Waals surface area contributed by atoms with E-state index in [9.17, 15) is 27.6 Å². The number of halogens is 4. The molecule has 0 bridgehead atoms. The SMILES string of the molecule is CCOC(=O)c1cn(-c2cc(NCC=O)c(F)cc2F)c2nc(Cl)c(F)cc2c1=O. The number of hydrogen-bond donors (Lipinski definition) is 1. The molecule has 0 unspecified atom stereocenters. The number of nitrogens with one attached hydrogen (secondary N) is 1. The Labute approximate surface area is 172 Å². The molecule has 0 radical (unpaired) electrons. The first-order valence-electron chi connectivity index (χ1n) is 8.53. The molecular formula is C19H13ClF3N3O4. The summed E-state index contributed by atoms with van der Waals surface area (Å²) in [5.41, 5.74) is -2.25. The van der Waals surface area contributed by atoms with E-state index in [-0.39, 0.29) is 35.6 Å². The summed E-state index contributed by atoms with van der Waals surface area (Å²) in [6.45, 7) is 1.22. The van der Waals surface area contributed by atoms with Gasteiger partial charge in [-0.05, 0) is 19.1 Å². The van der Waals surface area contributed by atoms with Crippen molar-refractivity contribution in [3.8, 4) is 5.69 Å². The molecule has 0 saturated heterocycles. The first-order chi connectivity index (χ1) is 14.3. The van der Waals surface area contributed by atoms with Crippen molar-refractivity contribution in [3.63, 3.8) is 0 Å². The number of carbonyl (C=O) groups excluding carboxylic acids is 2. The van der Waals surface area contributed by atoms with Crippen LogP contribution in [0.4, 0.5) is 18.9 Å². The Kier molecular flexibility index (Phi) is 6.06. The summed E-state index contributed by atoms with van der Waals surface area (Å²) in [5.74, 6) is -4.10. The Bertz CT molecular complexity index is 1230. The maximum Gasteiger partial charge on any atom is 0.343 e. The number of pyridine rings is 2. The summed E-state index contributed by atoms with van der Waals surface area (Å²) in [4.78, 5) is 39.2. The van der Waals surface area contributed by atoms with Gasteiger partial charge in [-0.25, -0.2) is 22.9 Å². The normalized spacial score (nSPS) is 10.8. The second-order valence-corrected chi connectivity index (χ2v) is 6.28. The van der Waals surface area contributed by atoms with Gasteiger partial charge in [-0.2, -0.15) is 0 Å². The van der Waals surface area contributed by atoms with Gasteiger partial charge in [0.15, 0.2) is 16.6 Å². The van der Waals surface area contributed by atoms with E-state index in [2.05, 4.69) is 10.3 Å². The number of fused-ring (bicyclic) bond motifs is 1. The average molecular weight is 440 g/mol. The van der Waals surface area contributed by atoms with E-state index in [1.165, 1.54) is 6.92 Å². The van der Waals surface area contributed by atoms with Gasteiger partial charge in [0.25, 0.3) is 0 Å². The number of rotatable bonds is 6. The highest BCUT2D eigenvalue weighted by molar-refractivity contribution is 6.29. The van der Waals surface area contributed by atoms with Crippen LogP contribution in [0.3, 0.4) is 0 Å². The number of aldehydes is 1. The van der Waals surface area contributed by atoms with Crippen LogP contribution in [-0.4, -0.2) is 35.0 Å². The number of hydrogen-bond acceptors (Lipinski definition) is 6. The fourth-order valence-corrected chi connectivity index (χ4v) is 2.88. The minimum Gasteiger partial charge on any atom is -0.462 e. The lowest BCUT2D eigenvalue weighted by Crippen LogP contribution is -2.22. The van der Waals surface area contributed by atoms with Gasteiger partial charge in [0, 0.05) is 12.3 Å². The Morgan fingerprint density at radius 1 is 1.23 bits per heavy atom. The molecule has 2 aromatic heterocycles. The summed E-state index contributed by atoms with van der Waals surface area (Å²) < 4.78 is 48.4. The van der Waals surface area contributed by atoms with Gasteiger partial charge >= 0.3 is 5.97 Å². The van der Waals surface area contributed by atoms with Crippen molar-refractivity contribution in [2.75, 3.05) is 18.5 Å². The van der Waals surface area contributed by atoms with Crippen LogP contribution in [0.25, 0.3) is 16.7 Å². The van der Waals surface area contributed by atoms with Crippen LogP contribution in [0.2, 0.25) is 5.15 Å². The number of esters is 1. The summed E-state index contributed by atoms with van der Waals surface area (Å²) in [6.07, 6.45) is 1.42. The number of benzene rings is 1. The van der Waals surface area contributed by atoms with Gasteiger partial charge in [-0.3, -0.25) is 9.36 Å². The van der Waals surface area contributed by atoms with E-state index >= 15 is 0 Å². The first kappa shape index (κ1) is 21.3. The second-order valence-electron chi connectivity index (χ2n) is 5.93. The van der Waals surface area contributed by atoms with Gasteiger partial charge in [0.05, 0.1) is 29.9 Å². The molecule has 0 spiro atoms. The lowest BCUT2D eigenvalue weighted by Gasteiger charge is -2.15. The van der Waals surface area contributed by atoms with Crippen molar-refractivity contribution < 1.29 is 27.5 Å². The molecule has 0 atom stereocenters. The van der Waals surface area contributed by atoms with E-state index in [0.717, 1.165) is 22.9 Å². The zero-order valence-electron chi connectivity index (χ0n) is 15.3. The van der Waals surface area contributed by atoms with Crippen molar-refractivity contribution >= 4 is 40.6 Å². The Morgan fingerprint density at radius 3 is 2.63 bits per heavy atom. The second kappa shape index (κ2) is 8.54. The Morgan fingerprint density at radius 2 is 1.97 bits per heavy atom. The van der Waals surface area contributed by atoms with Crippen molar-refractivity contribution in [1.82, 2.24) is 9.55 Å². The third kappa shape index (κ3) is 3.86. The van der Waals surface area contributed by atoms with Gasteiger partial charge in [0.2, 0.25) is 5.43 Å². The van der Waals surface area contributed by atoms with Crippen molar-refractivity contribution in [1.29, 1.82) is 0 Å². The zero-order valence-corrected chi connectivity index (χ0v) is 16.1. The number of anilines is 1. The molecule has 30 heavy (non-hydrogen) atoms. The predicted octanol–water partition coefficient (Wildman–Crippen LogP) is 3.24. The van der Waals surface area contributed by atoms with Crippen LogP contribution in [0.15, 0.2) is 29.2 Å². The average Bonchev–Trinajstić information content (AvgIpc) is 2.70. The highest BCUT2D eigenvalue weighted by Crippen LogP contribution is 2.26. The fraction of sp³-hybridized carbons (Fsp3) is 0.158. The lowest BCUT2D eigenvalue weighted by molar-refractivity contribution is -0.106. The van der Waals surface area contributed by atoms with Crippen molar-refractivity contribution in [2.24, 2.45) is 0 Å². The molecule has 0 aliphatic heterocycles. The smallest absolute Gasteiger partial charge is 0.343 e. The molecule has 0 amide bonds. The molecule has 3 rings (SSSR count). The van der Waals surface area contributed by atoms with E-state index < -0.39 is 39.6 Å². The molecule has 7 nitrogen and oxygen atoms in total. The monoisotopic (exact) mass is 439 g/mol. The summed E-state index contributed by atoms with van der Waals surface area (Å²) in [7, 11) is 0. The van der Waals surface area contributed by atoms with Gasteiger partial charge in [-0.15, -0.1) is 0 Å². The molecule has 1 aromatic carbocycles. The van der Waals surface area contributed by atoms with Gasteiger partial charge in [-0.1, -0.05) is 11.6 Å².